The molecule has 1 fully saturated rings. The molecule has 0 aromatic carbocycles. The summed E-state index contributed by atoms with van der Waals surface area (Å²) in [5.74, 6) is 0. The molecule has 0 aliphatic carbocycles. The summed E-state index contributed by atoms with van der Waals surface area (Å²) in [5, 5.41) is 0. The number of rotatable bonds is 3. The van der Waals surface area contributed by atoms with Crippen LogP contribution in [0.1, 0.15) is 19.6 Å². The second-order valence-corrected chi connectivity index (χ2v) is 6.34. The molecule has 2 aliphatic rings. The summed E-state index contributed by atoms with van der Waals surface area (Å²) in [6.07, 6.45) is 2.20. The van der Waals surface area contributed by atoms with Crippen molar-refractivity contribution < 1.29 is 14.0 Å². The van der Waals surface area contributed by atoms with Gasteiger partial charge in [0.2, 0.25) is 0 Å². The molecule has 8 heteroatoms. The zero-order valence-corrected chi connectivity index (χ0v) is 12.8. The van der Waals surface area contributed by atoms with Gasteiger partial charge in [-0.25, -0.2) is 0 Å². The zero-order valence-electron chi connectivity index (χ0n) is 9.63. The maximum atomic E-state index is 11.2. The molecule has 3 rings (SSSR count). The Morgan fingerprint density at radius 2 is 2.61 bits per heavy atom. The van der Waals surface area contributed by atoms with Crippen LogP contribution in [0, 0.1) is 0 Å². The lowest BCUT2D eigenvalue weighted by molar-refractivity contribution is -0.0405. The predicted octanol–water partition coefficient (Wildman–Crippen LogP) is 1.64. The summed E-state index contributed by atoms with van der Waals surface area (Å²) in [7, 11) is 0. The number of halogens is 1. The molecule has 0 spiro atoms. The summed E-state index contributed by atoms with van der Waals surface area (Å²) < 4.78 is 18.9. The van der Waals surface area contributed by atoms with Gasteiger partial charge >= 0.3 is 6.01 Å². The highest BCUT2D eigenvalue weighted by atomic mass is 127. The van der Waals surface area contributed by atoms with Gasteiger partial charge in [0.25, 0.3) is 5.56 Å². The minimum Gasteiger partial charge on any atom is -0.453 e. The topological polar surface area (TPSA) is 62.6 Å². The minimum atomic E-state index is -0.462. The predicted molar refractivity (Wildman–Crippen MR) is 74.3 cm³/mol. The highest BCUT2D eigenvalue weighted by Crippen LogP contribution is 2.47. The molecule has 3 heterocycles. The van der Waals surface area contributed by atoms with E-state index in [1.54, 1.807) is 10.8 Å². The molecule has 1 saturated heterocycles. The van der Waals surface area contributed by atoms with Gasteiger partial charge in [0.1, 0.15) is 0 Å². The summed E-state index contributed by atoms with van der Waals surface area (Å²) in [4.78, 5) is 15.0. The molecule has 4 atom stereocenters. The number of aromatic nitrogens is 2. The third-order valence-electron chi connectivity index (χ3n) is 3.18. The number of fused-ring (bicyclic) bond motifs is 3. The smallest absolute Gasteiger partial charge is 0.302 e. The first-order chi connectivity index (χ1) is 8.62. The average molecular weight is 382 g/mol. The van der Waals surface area contributed by atoms with Crippen LogP contribution in [0.3, 0.4) is 0 Å². The van der Waals surface area contributed by atoms with Gasteiger partial charge in [0.15, 0.2) is 11.8 Å². The Morgan fingerprint density at radius 3 is 3.39 bits per heavy atom. The molecule has 1 unspecified atom stereocenters. The van der Waals surface area contributed by atoms with E-state index in [0.29, 0.717) is 19.1 Å². The monoisotopic (exact) mass is 382 g/mol. The molecule has 0 bridgehead atoms. The SMILES string of the molecule is C[C@]12C[C@@H](COPI)O[C@H]1n1ccc(=O)nc1O2. The van der Waals surface area contributed by atoms with Crippen LogP contribution in [-0.2, 0) is 9.26 Å². The van der Waals surface area contributed by atoms with Crippen LogP contribution in [-0.4, -0.2) is 27.9 Å². The molecule has 0 amide bonds. The number of hydrogen-bond donors (Lipinski definition) is 0. The summed E-state index contributed by atoms with van der Waals surface area (Å²) in [5.41, 5.74) is -0.758. The average Bonchev–Trinajstić information content (AvgIpc) is 2.75. The van der Waals surface area contributed by atoms with E-state index in [1.807, 2.05) is 6.92 Å². The Balaban J connectivity index is 1.84. The fourth-order valence-corrected chi connectivity index (χ4v) is 3.25. The standard InChI is InChI=1S/C10H12IN2O4P/c1-10-4-6(5-15-18-11)16-8(10)13-3-2-7(14)12-9(13)17-10/h2-3,6,8,18H,4-5H2,1H3/t6-,8+,10-/m0/s1. The van der Waals surface area contributed by atoms with Crippen LogP contribution in [0.4, 0.5) is 0 Å². The first kappa shape index (κ1) is 12.8. The Labute approximate surface area is 118 Å². The fourth-order valence-electron chi connectivity index (χ4n) is 2.46. The van der Waals surface area contributed by atoms with Gasteiger partial charge in [-0.1, -0.05) is 0 Å². The molecule has 18 heavy (non-hydrogen) atoms. The van der Waals surface area contributed by atoms with Crippen LogP contribution >= 0.6 is 28.5 Å². The quantitative estimate of drug-likeness (QED) is 0.588. The van der Waals surface area contributed by atoms with Crippen LogP contribution in [0.2, 0.25) is 0 Å². The summed E-state index contributed by atoms with van der Waals surface area (Å²) in [6, 6.07) is 1.75. The minimum absolute atomic E-state index is 0.0230. The molecule has 1 aromatic heterocycles. The van der Waals surface area contributed by atoms with E-state index in [1.165, 1.54) is 6.07 Å². The normalized spacial score (nSPS) is 33.7. The van der Waals surface area contributed by atoms with Gasteiger partial charge in [0, 0.05) is 18.7 Å². The maximum Gasteiger partial charge on any atom is 0.302 e. The molecule has 2 aliphatic heterocycles. The third-order valence-corrected chi connectivity index (χ3v) is 4.39. The van der Waals surface area contributed by atoms with Gasteiger partial charge in [0.05, 0.1) is 19.2 Å². The maximum absolute atomic E-state index is 11.2. The number of ether oxygens (including phenoxy) is 2. The molecular formula is C10H12IN2O4P. The van der Waals surface area contributed by atoms with Gasteiger partial charge in [-0.15, -0.1) is 0 Å². The Hall–Kier alpha value is -0.240. The van der Waals surface area contributed by atoms with Crippen molar-refractivity contribution in [1.82, 2.24) is 9.55 Å². The second kappa shape index (κ2) is 4.70. The molecule has 6 nitrogen and oxygen atoms in total. The molecule has 0 N–H and O–H groups in total. The van der Waals surface area contributed by atoms with Crippen LogP contribution in [0.15, 0.2) is 17.1 Å². The molecule has 0 radical (unpaired) electrons. The Kier molecular flexibility index (Phi) is 3.34. The summed E-state index contributed by atoms with van der Waals surface area (Å²) in [6.45, 7) is 2.97. The van der Waals surface area contributed by atoms with Gasteiger partial charge in [-0.2, -0.15) is 4.98 Å². The number of nitrogens with zero attached hydrogens (tertiary/aromatic N) is 2. The van der Waals surface area contributed by atoms with Crippen molar-refractivity contribution in [2.75, 3.05) is 6.61 Å². The van der Waals surface area contributed by atoms with Crippen molar-refractivity contribution >= 4 is 28.5 Å². The molecule has 1 aromatic rings. The Bertz CT molecular complexity index is 525. The van der Waals surface area contributed by atoms with E-state index in [0.717, 1.165) is 6.42 Å². The van der Waals surface area contributed by atoms with E-state index in [2.05, 4.69) is 27.0 Å². The van der Waals surface area contributed by atoms with Crippen molar-refractivity contribution in [1.29, 1.82) is 0 Å². The van der Waals surface area contributed by atoms with Crippen molar-refractivity contribution in [2.24, 2.45) is 0 Å². The van der Waals surface area contributed by atoms with Crippen molar-refractivity contribution in [3.05, 3.63) is 22.6 Å². The first-order valence-corrected chi connectivity index (χ1v) is 9.56. The van der Waals surface area contributed by atoms with Gasteiger partial charge < -0.3 is 14.0 Å². The van der Waals surface area contributed by atoms with E-state index >= 15 is 0 Å². The summed E-state index contributed by atoms with van der Waals surface area (Å²) >= 11 is 2.18. The largest absolute Gasteiger partial charge is 0.453 e. The first-order valence-electron chi connectivity index (χ1n) is 5.53. The fraction of sp³-hybridized carbons (Fsp3) is 0.600. The highest BCUT2D eigenvalue weighted by Gasteiger charge is 2.53. The highest BCUT2D eigenvalue weighted by molar-refractivity contribution is 14.2. The zero-order chi connectivity index (χ0) is 12.8. The van der Waals surface area contributed by atoms with Gasteiger partial charge in [-0.3, -0.25) is 9.36 Å². The van der Waals surface area contributed by atoms with Crippen molar-refractivity contribution in [3.8, 4) is 6.01 Å². The number of hydrogen-bond acceptors (Lipinski definition) is 5. The van der Waals surface area contributed by atoms with E-state index in [9.17, 15) is 4.79 Å². The third kappa shape index (κ3) is 2.07. The van der Waals surface area contributed by atoms with Crippen molar-refractivity contribution in [2.45, 2.75) is 31.3 Å². The van der Waals surface area contributed by atoms with Gasteiger partial charge in [-0.05, 0) is 29.0 Å². The van der Waals surface area contributed by atoms with Crippen molar-refractivity contribution in [3.63, 3.8) is 0 Å². The lowest BCUT2D eigenvalue weighted by Gasteiger charge is -2.19. The van der Waals surface area contributed by atoms with E-state index in [-0.39, 0.29) is 17.9 Å². The van der Waals surface area contributed by atoms with Crippen LogP contribution < -0.4 is 10.3 Å². The van der Waals surface area contributed by atoms with Crippen LogP contribution in [0.25, 0.3) is 0 Å². The lowest BCUT2D eigenvalue weighted by atomic mass is 10.0. The van der Waals surface area contributed by atoms with E-state index < -0.39 is 5.60 Å². The molecule has 98 valence electrons. The Morgan fingerprint density at radius 1 is 1.78 bits per heavy atom. The van der Waals surface area contributed by atoms with Crippen LogP contribution in [0.5, 0.6) is 6.01 Å². The second-order valence-electron chi connectivity index (χ2n) is 4.57. The molecule has 0 saturated carbocycles. The van der Waals surface area contributed by atoms with E-state index in [4.69, 9.17) is 14.0 Å². The lowest BCUT2D eigenvalue weighted by Crippen LogP contribution is -2.31. The molecular weight excluding hydrogens is 370 g/mol.